The average Bonchev–Trinajstić information content (AvgIpc) is 2.50. The Morgan fingerprint density at radius 2 is 1.95 bits per heavy atom. The van der Waals surface area contributed by atoms with Crippen molar-refractivity contribution in [1.82, 2.24) is 4.98 Å². The molecular weight excluding hydrogens is 350 g/mol. The smallest absolute Gasteiger partial charge is 0.132 e. The molecule has 1 aromatic heterocycles. The van der Waals surface area contributed by atoms with E-state index >= 15 is 0 Å². The molecule has 0 radical (unpaired) electrons. The molecule has 0 fully saturated rings. The SMILES string of the molecule is N#Cc1cc(Nc2ccc(Cl)c(Br)c2)nc2ccccc12. The van der Waals surface area contributed by atoms with Crippen molar-refractivity contribution in [3.63, 3.8) is 0 Å². The van der Waals surface area contributed by atoms with Crippen LogP contribution in [-0.4, -0.2) is 4.98 Å². The Morgan fingerprint density at radius 3 is 2.71 bits per heavy atom. The van der Waals surface area contributed by atoms with Gasteiger partial charge < -0.3 is 5.32 Å². The normalized spacial score (nSPS) is 10.3. The molecule has 3 nitrogen and oxygen atoms in total. The number of para-hydroxylation sites is 1. The van der Waals surface area contributed by atoms with Crippen LogP contribution in [0, 0.1) is 11.3 Å². The summed E-state index contributed by atoms with van der Waals surface area (Å²) in [4.78, 5) is 4.52. The molecule has 21 heavy (non-hydrogen) atoms. The van der Waals surface area contributed by atoms with Gasteiger partial charge in [0.25, 0.3) is 0 Å². The molecule has 0 aliphatic heterocycles. The van der Waals surface area contributed by atoms with Gasteiger partial charge in [0, 0.05) is 15.5 Å². The van der Waals surface area contributed by atoms with Gasteiger partial charge >= 0.3 is 0 Å². The first-order valence-electron chi connectivity index (χ1n) is 6.19. The van der Waals surface area contributed by atoms with Gasteiger partial charge in [-0.25, -0.2) is 4.98 Å². The van der Waals surface area contributed by atoms with Gasteiger partial charge in [0.2, 0.25) is 0 Å². The highest BCUT2D eigenvalue weighted by Crippen LogP contribution is 2.28. The Balaban J connectivity index is 2.04. The summed E-state index contributed by atoms with van der Waals surface area (Å²) in [5.74, 6) is 0.625. The Morgan fingerprint density at radius 1 is 1.14 bits per heavy atom. The van der Waals surface area contributed by atoms with Crippen molar-refractivity contribution in [3.8, 4) is 6.07 Å². The molecule has 102 valence electrons. The van der Waals surface area contributed by atoms with Gasteiger partial charge in [-0.3, -0.25) is 0 Å². The number of halogens is 2. The third-order valence-corrected chi connectivity index (χ3v) is 4.24. The fourth-order valence-electron chi connectivity index (χ4n) is 2.05. The van der Waals surface area contributed by atoms with E-state index in [1.165, 1.54) is 0 Å². The molecule has 0 amide bonds. The van der Waals surface area contributed by atoms with Crippen LogP contribution >= 0.6 is 27.5 Å². The summed E-state index contributed by atoms with van der Waals surface area (Å²) in [6.07, 6.45) is 0. The first-order chi connectivity index (χ1) is 10.2. The molecular formula is C16H9BrClN3. The molecule has 5 heteroatoms. The van der Waals surface area contributed by atoms with E-state index in [2.05, 4.69) is 32.3 Å². The van der Waals surface area contributed by atoms with E-state index in [4.69, 9.17) is 11.6 Å². The molecule has 3 rings (SSSR count). The second-order valence-corrected chi connectivity index (χ2v) is 5.70. The summed E-state index contributed by atoms with van der Waals surface area (Å²) < 4.78 is 0.801. The summed E-state index contributed by atoms with van der Waals surface area (Å²) in [5, 5.41) is 14.0. The first kappa shape index (κ1) is 13.9. The van der Waals surface area contributed by atoms with Gasteiger partial charge in [-0.05, 0) is 46.3 Å². The Hall–Kier alpha value is -2.09. The van der Waals surface area contributed by atoms with Gasteiger partial charge in [-0.15, -0.1) is 0 Å². The third kappa shape index (κ3) is 2.85. The van der Waals surface area contributed by atoms with Gasteiger partial charge in [0.15, 0.2) is 0 Å². The Labute approximate surface area is 135 Å². The predicted octanol–water partition coefficient (Wildman–Crippen LogP) is 5.27. The molecule has 0 saturated heterocycles. The van der Waals surface area contributed by atoms with E-state index in [9.17, 15) is 5.26 Å². The van der Waals surface area contributed by atoms with E-state index in [1.807, 2.05) is 36.4 Å². The fourth-order valence-corrected chi connectivity index (χ4v) is 2.55. The highest BCUT2D eigenvalue weighted by Gasteiger charge is 2.06. The number of fused-ring (bicyclic) bond motifs is 1. The number of hydrogen-bond donors (Lipinski definition) is 1. The van der Waals surface area contributed by atoms with Crippen molar-refractivity contribution in [1.29, 1.82) is 5.26 Å². The Bertz CT molecular complexity index is 871. The first-order valence-corrected chi connectivity index (χ1v) is 7.36. The molecule has 0 unspecified atom stereocenters. The number of anilines is 2. The summed E-state index contributed by atoms with van der Waals surface area (Å²) in [5.41, 5.74) is 2.22. The van der Waals surface area contributed by atoms with Crippen molar-refractivity contribution in [2.45, 2.75) is 0 Å². The van der Waals surface area contributed by atoms with E-state index < -0.39 is 0 Å². The van der Waals surface area contributed by atoms with E-state index in [-0.39, 0.29) is 0 Å². The molecule has 0 bridgehead atoms. The van der Waals surface area contributed by atoms with E-state index in [0.717, 1.165) is 21.1 Å². The Kier molecular flexibility index (Phi) is 3.78. The monoisotopic (exact) mass is 357 g/mol. The zero-order chi connectivity index (χ0) is 14.8. The second-order valence-electron chi connectivity index (χ2n) is 4.44. The summed E-state index contributed by atoms with van der Waals surface area (Å²) in [6, 6.07) is 17.0. The van der Waals surface area contributed by atoms with Crippen LogP contribution in [0.4, 0.5) is 11.5 Å². The lowest BCUT2D eigenvalue weighted by atomic mass is 10.1. The molecule has 1 heterocycles. The molecule has 3 aromatic rings. The van der Waals surface area contributed by atoms with Crippen molar-refractivity contribution in [3.05, 3.63) is 63.6 Å². The summed E-state index contributed by atoms with van der Waals surface area (Å²) in [6.45, 7) is 0. The van der Waals surface area contributed by atoms with E-state index in [0.29, 0.717) is 16.4 Å². The third-order valence-electron chi connectivity index (χ3n) is 3.03. The highest BCUT2D eigenvalue weighted by molar-refractivity contribution is 9.10. The zero-order valence-corrected chi connectivity index (χ0v) is 13.1. The van der Waals surface area contributed by atoms with Crippen LogP contribution in [0.25, 0.3) is 10.9 Å². The maximum Gasteiger partial charge on any atom is 0.132 e. The van der Waals surface area contributed by atoms with E-state index in [1.54, 1.807) is 12.1 Å². The van der Waals surface area contributed by atoms with Crippen molar-refractivity contribution in [2.75, 3.05) is 5.32 Å². The minimum absolute atomic E-state index is 0.594. The molecule has 0 atom stereocenters. The predicted molar refractivity (Wildman–Crippen MR) is 88.9 cm³/mol. The number of hydrogen-bond acceptors (Lipinski definition) is 3. The van der Waals surface area contributed by atoms with Gasteiger partial charge in [0.1, 0.15) is 5.82 Å². The highest BCUT2D eigenvalue weighted by atomic mass is 79.9. The number of nitriles is 1. The molecule has 0 aliphatic rings. The number of nitrogens with one attached hydrogen (secondary N) is 1. The number of rotatable bonds is 2. The molecule has 0 saturated carbocycles. The number of benzene rings is 2. The number of pyridine rings is 1. The van der Waals surface area contributed by atoms with Crippen LogP contribution in [0.1, 0.15) is 5.56 Å². The standard InChI is InChI=1S/C16H9BrClN3/c17-13-8-11(5-6-14(13)18)20-16-7-10(9-19)12-3-1-2-4-15(12)21-16/h1-8H,(H,20,21). The van der Waals surface area contributed by atoms with Gasteiger partial charge in [0.05, 0.1) is 22.2 Å². The lowest BCUT2D eigenvalue weighted by Crippen LogP contribution is -1.95. The second kappa shape index (κ2) is 5.72. The topological polar surface area (TPSA) is 48.7 Å². The quantitative estimate of drug-likeness (QED) is 0.679. The van der Waals surface area contributed by atoms with Crippen LogP contribution in [0.2, 0.25) is 5.02 Å². The maximum absolute atomic E-state index is 9.28. The van der Waals surface area contributed by atoms with Crippen LogP contribution < -0.4 is 5.32 Å². The number of nitrogens with zero attached hydrogens (tertiary/aromatic N) is 2. The minimum atomic E-state index is 0.594. The van der Waals surface area contributed by atoms with Gasteiger partial charge in [-0.2, -0.15) is 5.26 Å². The summed E-state index contributed by atoms with van der Waals surface area (Å²) >= 11 is 9.36. The molecule has 0 aliphatic carbocycles. The van der Waals surface area contributed by atoms with Crippen molar-refractivity contribution < 1.29 is 0 Å². The fraction of sp³-hybridized carbons (Fsp3) is 0. The van der Waals surface area contributed by atoms with Crippen LogP contribution in [0.15, 0.2) is 53.0 Å². The van der Waals surface area contributed by atoms with Crippen LogP contribution in [0.3, 0.4) is 0 Å². The zero-order valence-electron chi connectivity index (χ0n) is 10.8. The largest absolute Gasteiger partial charge is 0.340 e. The van der Waals surface area contributed by atoms with Crippen molar-refractivity contribution >= 4 is 49.9 Å². The number of aromatic nitrogens is 1. The van der Waals surface area contributed by atoms with Crippen LogP contribution in [0.5, 0.6) is 0 Å². The molecule has 0 spiro atoms. The van der Waals surface area contributed by atoms with Crippen LogP contribution in [-0.2, 0) is 0 Å². The lowest BCUT2D eigenvalue weighted by Gasteiger charge is -2.09. The van der Waals surface area contributed by atoms with Gasteiger partial charge in [-0.1, -0.05) is 29.8 Å². The lowest BCUT2D eigenvalue weighted by molar-refractivity contribution is 1.36. The molecule has 2 aromatic carbocycles. The maximum atomic E-state index is 9.28. The minimum Gasteiger partial charge on any atom is -0.340 e. The molecule has 1 N–H and O–H groups in total. The van der Waals surface area contributed by atoms with Crippen molar-refractivity contribution in [2.24, 2.45) is 0 Å². The summed E-state index contributed by atoms with van der Waals surface area (Å²) in [7, 11) is 0. The average molecular weight is 359 g/mol.